The first-order valence-corrected chi connectivity index (χ1v) is 11.2. The Bertz CT molecular complexity index is 813. The van der Waals surface area contributed by atoms with Crippen LogP contribution in [0.1, 0.15) is 40.0 Å². The molecular formula is C22H33N5OS. The minimum atomic E-state index is 0.303. The van der Waals surface area contributed by atoms with E-state index < -0.39 is 0 Å². The molecule has 6 nitrogen and oxygen atoms in total. The van der Waals surface area contributed by atoms with Crippen LogP contribution in [-0.4, -0.2) is 56.2 Å². The highest BCUT2D eigenvalue weighted by atomic mass is 32.1. The smallest absolute Gasteiger partial charge is 0.191 e. The van der Waals surface area contributed by atoms with Crippen LogP contribution in [0, 0.1) is 13.8 Å². The van der Waals surface area contributed by atoms with Crippen molar-refractivity contribution in [2.75, 3.05) is 40.3 Å². The van der Waals surface area contributed by atoms with E-state index in [1.54, 1.807) is 18.4 Å². The van der Waals surface area contributed by atoms with Crippen LogP contribution in [0.4, 0.5) is 0 Å². The maximum Gasteiger partial charge on any atom is 0.191 e. The first-order valence-electron chi connectivity index (χ1n) is 10.4. The molecule has 0 saturated carbocycles. The van der Waals surface area contributed by atoms with Crippen molar-refractivity contribution in [3.8, 4) is 5.75 Å². The molecule has 2 aromatic rings. The molecule has 1 atom stereocenters. The van der Waals surface area contributed by atoms with Crippen LogP contribution < -0.4 is 15.4 Å². The van der Waals surface area contributed by atoms with Gasteiger partial charge in [-0.2, -0.15) is 0 Å². The molecule has 0 aliphatic carbocycles. The minimum absolute atomic E-state index is 0.303. The van der Waals surface area contributed by atoms with Gasteiger partial charge in [0.1, 0.15) is 5.75 Å². The van der Waals surface area contributed by atoms with Gasteiger partial charge in [-0.3, -0.25) is 9.89 Å². The lowest BCUT2D eigenvalue weighted by Crippen LogP contribution is -2.43. The number of thiazole rings is 1. The molecule has 2 heterocycles. The summed E-state index contributed by atoms with van der Waals surface area (Å²) >= 11 is 1.78. The molecule has 3 rings (SSSR count). The molecule has 0 spiro atoms. The third kappa shape index (κ3) is 5.93. The number of benzene rings is 1. The second-order valence-electron chi connectivity index (χ2n) is 7.41. The Labute approximate surface area is 178 Å². The van der Waals surface area contributed by atoms with Crippen LogP contribution in [0.3, 0.4) is 0 Å². The van der Waals surface area contributed by atoms with Crippen LogP contribution in [-0.2, 0) is 6.42 Å². The average Bonchev–Trinajstić information content (AvgIpc) is 3.36. The van der Waals surface area contributed by atoms with Gasteiger partial charge in [0.05, 0.1) is 23.9 Å². The van der Waals surface area contributed by atoms with E-state index in [1.807, 2.05) is 13.1 Å². The predicted octanol–water partition coefficient (Wildman–Crippen LogP) is 3.31. The zero-order valence-corrected chi connectivity index (χ0v) is 18.8. The third-order valence-electron chi connectivity index (χ3n) is 5.39. The third-order valence-corrected chi connectivity index (χ3v) is 6.52. The summed E-state index contributed by atoms with van der Waals surface area (Å²) < 4.78 is 5.44. The van der Waals surface area contributed by atoms with Gasteiger partial charge in [-0.25, -0.2) is 4.98 Å². The van der Waals surface area contributed by atoms with E-state index in [0.717, 1.165) is 55.0 Å². The molecule has 1 unspecified atom stereocenters. The van der Waals surface area contributed by atoms with E-state index >= 15 is 0 Å². The SMILES string of the molecule is CN=C(NCCc1sc(C)nc1C)NCC(c1cccc(OC)c1)N1CCCC1. The summed E-state index contributed by atoms with van der Waals surface area (Å²) in [5, 5.41) is 8.11. The molecular weight excluding hydrogens is 382 g/mol. The van der Waals surface area contributed by atoms with Crippen LogP contribution in [0.15, 0.2) is 29.3 Å². The van der Waals surface area contributed by atoms with Crippen molar-refractivity contribution in [3.63, 3.8) is 0 Å². The Morgan fingerprint density at radius 3 is 2.72 bits per heavy atom. The maximum atomic E-state index is 5.44. The number of methoxy groups -OCH3 is 1. The number of aromatic nitrogens is 1. The van der Waals surface area contributed by atoms with Crippen molar-refractivity contribution >= 4 is 17.3 Å². The Morgan fingerprint density at radius 2 is 2.07 bits per heavy atom. The fourth-order valence-electron chi connectivity index (χ4n) is 3.87. The number of hydrogen-bond acceptors (Lipinski definition) is 5. The minimum Gasteiger partial charge on any atom is -0.497 e. The highest BCUT2D eigenvalue weighted by Crippen LogP contribution is 2.27. The summed E-state index contributed by atoms with van der Waals surface area (Å²) in [5.41, 5.74) is 2.43. The normalized spacial score (nSPS) is 16.1. The Morgan fingerprint density at radius 1 is 1.28 bits per heavy atom. The quantitative estimate of drug-likeness (QED) is 0.512. The molecule has 1 saturated heterocycles. The Hall–Kier alpha value is -2.12. The summed E-state index contributed by atoms with van der Waals surface area (Å²) in [6.45, 7) is 8.08. The fraction of sp³-hybridized carbons (Fsp3) is 0.545. The van der Waals surface area contributed by atoms with E-state index in [1.165, 1.54) is 23.3 Å². The topological polar surface area (TPSA) is 61.8 Å². The van der Waals surface area contributed by atoms with Gasteiger partial charge in [0.25, 0.3) is 0 Å². The summed E-state index contributed by atoms with van der Waals surface area (Å²) in [7, 11) is 3.55. The van der Waals surface area contributed by atoms with Crippen molar-refractivity contribution in [2.45, 2.75) is 39.2 Å². The Balaban J connectivity index is 1.58. The molecule has 158 valence electrons. The number of likely N-dealkylation sites (tertiary alicyclic amines) is 1. The Kier molecular flexibility index (Phi) is 7.89. The number of nitrogens with one attached hydrogen (secondary N) is 2. The molecule has 29 heavy (non-hydrogen) atoms. The van der Waals surface area contributed by atoms with Crippen LogP contribution in [0.5, 0.6) is 5.75 Å². The highest BCUT2D eigenvalue weighted by molar-refractivity contribution is 7.11. The molecule has 0 amide bonds. The van der Waals surface area contributed by atoms with Gasteiger partial charge in [-0.15, -0.1) is 11.3 Å². The number of rotatable bonds is 8. The summed E-state index contributed by atoms with van der Waals surface area (Å²) in [4.78, 5) is 12.8. The number of aryl methyl sites for hydroxylation is 2. The second kappa shape index (κ2) is 10.6. The monoisotopic (exact) mass is 415 g/mol. The van der Waals surface area contributed by atoms with Crippen LogP contribution >= 0.6 is 11.3 Å². The van der Waals surface area contributed by atoms with E-state index in [0.29, 0.717) is 6.04 Å². The van der Waals surface area contributed by atoms with E-state index in [4.69, 9.17) is 4.74 Å². The van der Waals surface area contributed by atoms with Gasteiger partial charge in [0.2, 0.25) is 0 Å². The molecule has 1 aliphatic heterocycles. The van der Waals surface area contributed by atoms with E-state index in [-0.39, 0.29) is 0 Å². The maximum absolute atomic E-state index is 5.44. The van der Waals surface area contributed by atoms with Crippen molar-refractivity contribution < 1.29 is 4.74 Å². The van der Waals surface area contributed by atoms with Crippen molar-refractivity contribution in [3.05, 3.63) is 45.4 Å². The lowest BCUT2D eigenvalue weighted by Gasteiger charge is -2.29. The van der Waals surface area contributed by atoms with E-state index in [9.17, 15) is 0 Å². The first kappa shape index (κ1) is 21.6. The molecule has 2 N–H and O–H groups in total. The molecule has 7 heteroatoms. The van der Waals surface area contributed by atoms with Gasteiger partial charge in [-0.05, 0) is 57.5 Å². The first-order chi connectivity index (χ1) is 14.1. The number of guanidine groups is 1. The zero-order chi connectivity index (χ0) is 20.6. The van der Waals surface area contributed by atoms with E-state index in [2.05, 4.69) is 57.6 Å². The second-order valence-corrected chi connectivity index (χ2v) is 8.69. The molecule has 0 bridgehead atoms. The summed E-state index contributed by atoms with van der Waals surface area (Å²) in [6, 6.07) is 8.72. The molecule has 1 aromatic heterocycles. The van der Waals surface area contributed by atoms with Gasteiger partial charge < -0.3 is 15.4 Å². The number of nitrogens with zero attached hydrogens (tertiary/aromatic N) is 3. The number of ether oxygens (including phenoxy) is 1. The highest BCUT2D eigenvalue weighted by Gasteiger charge is 2.24. The van der Waals surface area contributed by atoms with Gasteiger partial charge in [-0.1, -0.05) is 12.1 Å². The lowest BCUT2D eigenvalue weighted by atomic mass is 10.1. The molecule has 1 aliphatic rings. The van der Waals surface area contributed by atoms with Crippen LogP contribution in [0.2, 0.25) is 0 Å². The molecule has 1 fully saturated rings. The van der Waals surface area contributed by atoms with Crippen molar-refractivity contribution in [2.24, 2.45) is 4.99 Å². The fourth-order valence-corrected chi connectivity index (χ4v) is 4.81. The average molecular weight is 416 g/mol. The van der Waals surface area contributed by atoms with Gasteiger partial charge in [0, 0.05) is 31.4 Å². The van der Waals surface area contributed by atoms with Crippen molar-refractivity contribution in [1.82, 2.24) is 20.5 Å². The lowest BCUT2D eigenvalue weighted by molar-refractivity contribution is 0.245. The standard InChI is InChI=1S/C22H33N5OS/c1-16-21(29-17(2)26-16)10-11-24-22(23-3)25-15-20(27-12-5-6-13-27)18-8-7-9-19(14-18)28-4/h7-9,14,20H,5-6,10-13,15H2,1-4H3,(H2,23,24,25). The van der Waals surface area contributed by atoms with Gasteiger partial charge >= 0.3 is 0 Å². The molecule has 1 aromatic carbocycles. The summed E-state index contributed by atoms with van der Waals surface area (Å²) in [5.74, 6) is 1.75. The largest absolute Gasteiger partial charge is 0.497 e. The zero-order valence-electron chi connectivity index (χ0n) is 18.0. The summed E-state index contributed by atoms with van der Waals surface area (Å²) in [6.07, 6.45) is 3.49. The van der Waals surface area contributed by atoms with Crippen LogP contribution in [0.25, 0.3) is 0 Å². The predicted molar refractivity (Wildman–Crippen MR) is 121 cm³/mol. The molecule has 0 radical (unpaired) electrons. The van der Waals surface area contributed by atoms with Crippen molar-refractivity contribution in [1.29, 1.82) is 0 Å². The number of aliphatic imine (C=N–C) groups is 1. The number of hydrogen-bond donors (Lipinski definition) is 2. The van der Waals surface area contributed by atoms with Gasteiger partial charge in [0.15, 0.2) is 5.96 Å².